The highest BCUT2D eigenvalue weighted by Crippen LogP contribution is 2.45. The van der Waals surface area contributed by atoms with Crippen molar-refractivity contribution in [2.75, 3.05) is 49.5 Å². The molecule has 0 saturated carbocycles. The number of ether oxygens (including phenoxy) is 2. The Hall–Kier alpha value is -6.42. The molecule has 1 amide bonds. The molecule has 1 fully saturated rings. The third kappa shape index (κ3) is 9.08. The van der Waals surface area contributed by atoms with Crippen LogP contribution in [0.1, 0.15) is 60.6 Å². The van der Waals surface area contributed by atoms with Crippen molar-refractivity contribution in [2.24, 2.45) is 5.41 Å². The molecule has 324 valence electrons. The number of amides is 1. The van der Waals surface area contributed by atoms with Crippen molar-refractivity contribution in [3.05, 3.63) is 147 Å². The van der Waals surface area contributed by atoms with Gasteiger partial charge in [0, 0.05) is 73.2 Å². The number of nitro groups is 1. The first-order valence-electron chi connectivity index (χ1n) is 20.8. The average Bonchev–Trinajstić information content (AvgIpc) is 3.75. The van der Waals surface area contributed by atoms with Gasteiger partial charge in [-0.15, -0.1) is 0 Å². The molecule has 1 aliphatic carbocycles. The molecule has 4 aromatic carbocycles. The summed E-state index contributed by atoms with van der Waals surface area (Å²) >= 11 is 6.24. The van der Waals surface area contributed by atoms with Crippen molar-refractivity contribution < 1.29 is 27.6 Å². The average molecular weight is 888 g/mol. The minimum atomic E-state index is -4.66. The van der Waals surface area contributed by atoms with Crippen LogP contribution in [0.3, 0.4) is 0 Å². The van der Waals surface area contributed by atoms with E-state index in [0.717, 1.165) is 66.6 Å². The molecule has 63 heavy (non-hydrogen) atoms. The summed E-state index contributed by atoms with van der Waals surface area (Å²) in [6.45, 7) is 8.68. The summed E-state index contributed by atoms with van der Waals surface area (Å²) in [5.41, 5.74) is 6.08. The van der Waals surface area contributed by atoms with E-state index in [1.54, 1.807) is 24.4 Å². The zero-order chi connectivity index (χ0) is 43.9. The number of nitrogens with zero attached hydrogens (tertiary/aromatic N) is 4. The second-order valence-corrected chi connectivity index (χ2v) is 19.1. The van der Waals surface area contributed by atoms with Crippen molar-refractivity contribution in [3.63, 3.8) is 0 Å². The molecule has 0 unspecified atom stereocenters. The lowest BCUT2D eigenvalue weighted by Gasteiger charge is -2.39. The maximum Gasteiger partial charge on any atom is 0.297 e. The molecule has 1 atom stereocenters. The van der Waals surface area contributed by atoms with E-state index in [2.05, 4.69) is 55.8 Å². The summed E-state index contributed by atoms with van der Waals surface area (Å²) in [7, 11) is -4.66. The lowest BCUT2D eigenvalue weighted by molar-refractivity contribution is -0.384. The van der Waals surface area contributed by atoms with Crippen LogP contribution in [0, 0.1) is 15.5 Å². The Bertz CT molecular complexity index is 2860. The van der Waals surface area contributed by atoms with Gasteiger partial charge < -0.3 is 24.7 Å². The van der Waals surface area contributed by atoms with Crippen molar-refractivity contribution >= 4 is 61.2 Å². The van der Waals surface area contributed by atoms with Crippen LogP contribution in [-0.4, -0.2) is 73.4 Å². The fourth-order valence-corrected chi connectivity index (χ4v) is 9.73. The molecule has 9 rings (SSSR count). The number of rotatable bonds is 11. The van der Waals surface area contributed by atoms with Crippen LogP contribution in [-0.2, 0) is 10.0 Å². The van der Waals surface area contributed by atoms with Crippen LogP contribution < -0.4 is 24.4 Å². The normalized spacial score (nSPS) is 17.7. The Kier molecular flexibility index (Phi) is 11.3. The van der Waals surface area contributed by atoms with Gasteiger partial charge in [-0.25, -0.2) is 18.1 Å². The predicted molar refractivity (Wildman–Crippen MR) is 243 cm³/mol. The largest absolute Gasteiger partial charge is 0.489 e. The van der Waals surface area contributed by atoms with E-state index in [1.807, 2.05) is 48.5 Å². The molecule has 0 bridgehead atoms. The number of aromatic nitrogens is 2. The molecular weight excluding hydrogens is 842 g/mol. The third-order valence-corrected chi connectivity index (χ3v) is 13.6. The molecule has 16 heteroatoms. The number of piperazine rings is 1. The van der Waals surface area contributed by atoms with Crippen molar-refractivity contribution in [3.8, 4) is 17.2 Å². The highest BCUT2D eigenvalue weighted by atomic mass is 35.5. The van der Waals surface area contributed by atoms with Gasteiger partial charge in [-0.05, 0) is 77.8 Å². The number of carbonyl (C=O) groups excluding carboxylic acids is 1. The van der Waals surface area contributed by atoms with Crippen molar-refractivity contribution in [2.45, 2.75) is 44.0 Å². The smallest absolute Gasteiger partial charge is 0.297 e. The van der Waals surface area contributed by atoms with Crippen molar-refractivity contribution in [1.82, 2.24) is 19.6 Å². The maximum atomic E-state index is 14.0. The molecule has 0 spiro atoms. The van der Waals surface area contributed by atoms with Gasteiger partial charge in [-0.2, -0.15) is 0 Å². The molecule has 4 heterocycles. The SMILES string of the molecule is CC1(C)CCC(CN2CCN(c3ccc(C(=O)NS(=O)(=O)c4cc5c(c([N+](=O)[O-])c4)N[C@@H](c4ccccc4)CO5)c(Oc4cnc5[nH]ccc5c4)c3)CC2)=C(c2ccc(Cl)cc2)C1. The van der Waals surface area contributed by atoms with Gasteiger partial charge in [0.15, 0.2) is 11.4 Å². The van der Waals surface area contributed by atoms with Gasteiger partial charge in [-0.3, -0.25) is 19.8 Å². The monoisotopic (exact) mass is 887 g/mol. The predicted octanol–water partition coefficient (Wildman–Crippen LogP) is 9.37. The number of anilines is 2. The first-order valence-corrected chi connectivity index (χ1v) is 22.7. The number of benzene rings is 4. The minimum absolute atomic E-state index is 0.0215. The van der Waals surface area contributed by atoms with Gasteiger partial charge in [0.05, 0.1) is 27.6 Å². The molecule has 14 nitrogen and oxygen atoms in total. The summed E-state index contributed by atoms with van der Waals surface area (Å²) in [6.07, 6.45) is 6.45. The number of carbonyl (C=O) groups is 1. The number of nitrogens with one attached hydrogen (secondary N) is 3. The van der Waals surface area contributed by atoms with E-state index >= 15 is 0 Å². The number of aromatic amines is 1. The van der Waals surface area contributed by atoms with Gasteiger partial charge in [0.1, 0.15) is 23.8 Å². The molecule has 1 saturated heterocycles. The lowest BCUT2D eigenvalue weighted by atomic mass is 9.72. The third-order valence-electron chi connectivity index (χ3n) is 12.1. The van der Waals surface area contributed by atoms with E-state index in [4.69, 9.17) is 21.1 Å². The maximum absolute atomic E-state index is 14.0. The highest BCUT2D eigenvalue weighted by molar-refractivity contribution is 7.90. The number of sulfonamides is 1. The van der Waals surface area contributed by atoms with Gasteiger partial charge in [-0.1, -0.05) is 73.5 Å². The highest BCUT2D eigenvalue weighted by Gasteiger charge is 2.33. The Labute approximate surface area is 370 Å². The molecule has 2 aromatic heterocycles. The van der Waals surface area contributed by atoms with Gasteiger partial charge >= 0.3 is 0 Å². The molecular formula is C47H46ClN7O7S. The van der Waals surface area contributed by atoms with Crippen LogP contribution in [0.4, 0.5) is 17.1 Å². The fraction of sp³-hybridized carbons (Fsp3) is 0.277. The number of hydrogen-bond acceptors (Lipinski definition) is 11. The first-order chi connectivity index (χ1) is 30.3. The van der Waals surface area contributed by atoms with Gasteiger partial charge in [0.2, 0.25) is 0 Å². The standard InChI is InChI=1S/C47H46ClN7O7S/c1-47(2)16-14-33(39(26-47)30-8-10-34(48)11-9-30)28-53-18-20-54(21-19-53)35-12-13-38(42(23-35)62-36-22-32-15-17-49-45(32)50-27-36)46(56)52-63(59,60)37-24-41(55(57)58)44-43(25-37)61-29-40(51-44)31-6-4-3-5-7-31/h3-13,15,17,22-25,27,40,51H,14,16,18-21,26,28-29H2,1-2H3,(H,49,50)(H,52,56)/t40-/m1/s1. The second-order valence-electron chi connectivity index (χ2n) is 17.0. The zero-order valence-electron chi connectivity index (χ0n) is 34.8. The van der Waals surface area contributed by atoms with E-state index < -0.39 is 37.5 Å². The fourth-order valence-electron chi connectivity index (χ4n) is 8.60. The summed E-state index contributed by atoms with van der Waals surface area (Å²) in [5.74, 6) is -0.559. The molecule has 3 aliphatic rings. The van der Waals surface area contributed by atoms with Crippen molar-refractivity contribution in [1.29, 1.82) is 0 Å². The zero-order valence-corrected chi connectivity index (χ0v) is 36.3. The quantitative estimate of drug-likeness (QED) is 0.0836. The van der Waals surface area contributed by atoms with Gasteiger partial charge in [0.25, 0.3) is 21.6 Å². The number of allylic oxidation sites excluding steroid dienone is 1. The molecule has 0 radical (unpaired) electrons. The Morgan fingerprint density at radius 3 is 2.56 bits per heavy atom. The lowest BCUT2D eigenvalue weighted by Crippen LogP contribution is -2.47. The molecule has 6 aromatic rings. The van der Waals surface area contributed by atoms with E-state index in [9.17, 15) is 23.3 Å². The first kappa shape index (κ1) is 41.9. The van der Waals surface area contributed by atoms with Crippen LogP contribution in [0.25, 0.3) is 16.6 Å². The number of nitro benzene ring substituents is 1. The van der Waals surface area contributed by atoms with E-state index in [0.29, 0.717) is 24.5 Å². The number of halogens is 1. The number of H-pyrrole nitrogens is 1. The summed E-state index contributed by atoms with van der Waals surface area (Å²) in [4.78, 5) is 37.3. The minimum Gasteiger partial charge on any atom is -0.489 e. The van der Waals surface area contributed by atoms with Crippen LogP contribution >= 0.6 is 11.6 Å². The number of fused-ring (bicyclic) bond motifs is 2. The van der Waals surface area contributed by atoms with Crippen LogP contribution in [0.2, 0.25) is 5.02 Å². The summed E-state index contributed by atoms with van der Waals surface area (Å²) in [5, 5.41) is 16.9. The summed E-state index contributed by atoms with van der Waals surface area (Å²) in [6, 6.07) is 27.8. The number of pyridine rings is 1. The van der Waals surface area contributed by atoms with Crippen LogP contribution in [0.5, 0.6) is 17.2 Å². The van der Waals surface area contributed by atoms with E-state index in [1.165, 1.54) is 35.0 Å². The van der Waals surface area contributed by atoms with Crippen LogP contribution in [0.15, 0.2) is 120 Å². The van der Waals surface area contributed by atoms with E-state index in [-0.39, 0.29) is 34.8 Å². The molecule has 2 aliphatic heterocycles. The second kappa shape index (κ2) is 17.0. The topological polar surface area (TPSA) is 172 Å². The summed E-state index contributed by atoms with van der Waals surface area (Å²) < 4.78 is 42.1. The Morgan fingerprint density at radius 1 is 1.02 bits per heavy atom. The Morgan fingerprint density at radius 2 is 1.79 bits per heavy atom. The number of hydrogen-bond donors (Lipinski definition) is 3. The Balaban J connectivity index is 0.955. The molecule has 3 N–H and O–H groups in total.